The van der Waals surface area contributed by atoms with E-state index in [0.717, 1.165) is 25.7 Å². The number of aliphatic hydroxyl groups excluding tert-OH is 2. The van der Waals surface area contributed by atoms with E-state index in [0.29, 0.717) is 35.5 Å². The molecule has 0 bridgehead atoms. The Morgan fingerprint density at radius 1 is 0.958 bits per heavy atom. The maximum Gasteiger partial charge on any atom is 0.133 e. The van der Waals surface area contributed by atoms with E-state index in [-0.39, 0.29) is 29.3 Å². The van der Waals surface area contributed by atoms with E-state index in [2.05, 4.69) is 13.8 Å². The second-order valence-electron chi connectivity index (χ2n) is 10.0. The first-order valence-corrected chi connectivity index (χ1v) is 10.1. The van der Waals surface area contributed by atoms with Gasteiger partial charge >= 0.3 is 0 Å². The summed E-state index contributed by atoms with van der Waals surface area (Å²) in [6.45, 7) is 6.47. The predicted octanol–water partition coefficient (Wildman–Crippen LogP) is 3.57. The fourth-order valence-electron chi connectivity index (χ4n) is 7.93. The lowest BCUT2D eigenvalue weighted by molar-refractivity contribution is -0.145. The van der Waals surface area contributed by atoms with Crippen LogP contribution in [0.5, 0.6) is 0 Å². The molecule has 4 fully saturated rings. The molecule has 4 aliphatic rings. The van der Waals surface area contributed by atoms with Crippen molar-refractivity contribution in [1.82, 2.24) is 0 Å². The van der Waals surface area contributed by atoms with E-state index < -0.39 is 0 Å². The topological polar surface area (TPSA) is 57.5 Å². The zero-order chi connectivity index (χ0) is 17.3. The number of hydrogen-bond donors (Lipinski definition) is 2. The van der Waals surface area contributed by atoms with Gasteiger partial charge in [0.25, 0.3) is 0 Å². The Labute approximate surface area is 146 Å². The Kier molecular flexibility index (Phi) is 3.93. The van der Waals surface area contributed by atoms with Gasteiger partial charge in [-0.15, -0.1) is 0 Å². The van der Waals surface area contributed by atoms with Gasteiger partial charge in [-0.2, -0.15) is 0 Å². The average molecular weight is 335 g/mol. The lowest BCUT2D eigenvalue weighted by Gasteiger charge is -2.61. The molecular formula is C21H34O3. The van der Waals surface area contributed by atoms with Crippen molar-refractivity contribution in [1.29, 1.82) is 0 Å². The predicted molar refractivity (Wildman–Crippen MR) is 93.3 cm³/mol. The van der Waals surface area contributed by atoms with E-state index in [4.69, 9.17) is 0 Å². The van der Waals surface area contributed by atoms with Crippen LogP contribution in [0.4, 0.5) is 0 Å². The third kappa shape index (κ3) is 2.19. The highest BCUT2D eigenvalue weighted by atomic mass is 16.3. The van der Waals surface area contributed by atoms with Crippen molar-refractivity contribution in [3.63, 3.8) is 0 Å². The molecule has 2 N–H and O–H groups in total. The summed E-state index contributed by atoms with van der Waals surface area (Å²) in [5.74, 6) is 2.51. The number of hydrogen-bond acceptors (Lipinski definition) is 3. The number of fused-ring (bicyclic) bond motifs is 5. The second-order valence-corrected chi connectivity index (χ2v) is 10.0. The molecule has 0 aliphatic heterocycles. The molecule has 0 aromatic heterocycles. The van der Waals surface area contributed by atoms with Crippen molar-refractivity contribution in [2.24, 2.45) is 40.4 Å². The molecule has 0 spiro atoms. The molecule has 0 radical (unpaired) electrons. The largest absolute Gasteiger partial charge is 0.393 e. The van der Waals surface area contributed by atoms with Crippen LogP contribution in [0.2, 0.25) is 0 Å². The molecular weight excluding hydrogens is 300 g/mol. The van der Waals surface area contributed by atoms with Gasteiger partial charge in [0.1, 0.15) is 5.78 Å². The van der Waals surface area contributed by atoms with E-state index in [9.17, 15) is 15.0 Å². The molecule has 0 saturated heterocycles. The molecule has 0 aromatic carbocycles. The summed E-state index contributed by atoms with van der Waals surface area (Å²) in [6, 6.07) is 0. The van der Waals surface area contributed by atoms with Crippen LogP contribution in [0.15, 0.2) is 0 Å². The fourth-order valence-corrected chi connectivity index (χ4v) is 7.93. The molecule has 24 heavy (non-hydrogen) atoms. The van der Waals surface area contributed by atoms with Gasteiger partial charge in [-0.05, 0) is 92.8 Å². The third-order valence-electron chi connectivity index (χ3n) is 9.11. The van der Waals surface area contributed by atoms with Gasteiger partial charge in [-0.1, -0.05) is 13.8 Å². The average Bonchev–Trinajstić information content (AvgIpc) is 2.80. The van der Waals surface area contributed by atoms with Crippen LogP contribution < -0.4 is 0 Å². The summed E-state index contributed by atoms with van der Waals surface area (Å²) in [5.41, 5.74) is 0.335. The summed E-state index contributed by atoms with van der Waals surface area (Å²) >= 11 is 0. The Balaban J connectivity index is 1.65. The van der Waals surface area contributed by atoms with Gasteiger partial charge in [-0.3, -0.25) is 4.79 Å². The van der Waals surface area contributed by atoms with Crippen molar-refractivity contribution in [3.05, 3.63) is 0 Å². The molecule has 0 amide bonds. The highest BCUT2D eigenvalue weighted by molar-refractivity contribution is 5.79. The van der Waals surface area contributed by atoms with E-state index in [1.165, 1.54) is 19.3 Å². The molecule has 3 heteroatoms. The van der Waals surface area contributed by atoms with Crippen molar-refractivity contribution in [2.75, 3.05) is 0 Å². The lowest BCUT2D eigenvalue weighted by Crippen LogP contribution is -2.55. The number of Topliss-reactive ketones (excluding diaryl/α,β-unsaturated/α-hetero) is 1. The highest BCUT2D eigenvalue weighted by Gasteiger charge is 2.63. The van der Waals surface area contributed by atoms with Gasteiger partial charge in [-0.25, -0.2) is 0 Å². The maximum atomic E-state index is 12.2. The number of rotatable bonds is 1. The molecule has 136 valence electrons. The van der Waals surface area contributed by atoms with Crippen molar-refractivity contribution < 1.29 is 15.0 Å². The van der Waals surface area contributed by atoms with E-state index >= 15 is 0 Å². The summed E-state index contributed by atoms with van der Waals surface area (Å²) in [4.78, 5) is 12.2. The van der Waals surface area contributed by atoms with Crippen LogP contribution in [0.3, 0.4) is 0 Å². The second kappa shape index (κ2) is 5.54. The monoisotopic (exact) mass is 334 g/mol. The van der Waals surface area contributed by atoms with Gasteiger partial charge in [0.15, 0.2) is 0 Å². The van der Waals surface area contributed by atoms with Crippen molar-refractivity contribution >= 4 is 5.78 Å². The maximum absolute atomic E-state index is 12.2. The first-order chi connectivity index (χ1) is 11.3. The van der Waals surface area contributed by atoms with Crippen LogP contribution in [0.1, 0.15) is 72.1 Å². The van der Waals surface area contributed by atoms with E-state index in [1.807, 2.05) is 0 Å². The minimum atomic E-state index is -0.300. The molecule has 0 unspecified atom stereocenters. The highest BCUT2D eigenvalue weighted by Crippen LogP contribution is 2.67. The van der Waals surface area contributed by atoms with Crippen LogP contribution in [0.25, 0.3) is 0 Å². The minimum Gasteiger partial charge on any atom is -0.393 e. The van der Waals surface area contributed by atoms with Crippen molar-refractivity contribution in [3.8, 4) is 0 Å². The smallest absolute Gasteiger partial charge is 0.133 e. The number of carbonyl (C=O) groups excluding carboxylic acids is 1. The standard InChI is InChI=1S/C21H34O3/c1-12(22)17-11-18(24)19-15-5-4-13-10-14(23)6-8-20(13,2)16(15)7-9-21(17,19)3/h13-19,23-24H,4-11H2,1-3H3/t13-,14+,15+,16-,17+,18-,19+,20-,21+/m0/s1. The minimum absolute atomic E-state index is 0.00376. The first kappa shape index (κ1) is 17.0. The Morgan fingerprint density at radius 3 is 2.38 bits per heavy atom. The van der Waals surface area contributed by atoms with Crippen LogP contribution in [-0.4, -0.2) is 28.2 Å². The Morgan fingerprint density at radius 2 is 1.67 bits per heavy atom. The van der Waals surface area contributed by atoms with E-state index in [1.54, 1.807) is 6.92 Å². The Bertz CT molecular complexity index is 531. The van der Waals surface area contributed by atoms with Crippen molar-refractivity contribution in [2.45, 2.75) is 84.3 Å². The zero-order valence-corrected chi connectivity index (χ0v) is 15.5. The number of carbonyl (C=O) groups is 1. The molecule has 0 heterocycles. The fraction of sp³-hybridized carbons (Fsp3) is 0.952. The van der Waals surface area contributed by atoms with Gasteiger partial charge in [0, 0.05) is 5.92 Å². The van der Waals surface area contributed by atoms with Gasteiger partial charge < -0.3 is 10.2 Å². The molecule has 9 atom stereocenters. The number of aliphatic hydroxyl groups is 2. The quantitative estimate of drug-likeness (QED) is 0.771. The normalized spacial score (nSPS) is 57.0. The lowest BCUT2D eigenvalue weighted by atomic mass is 9.44. The summed E-state index contributed by atoms with van der Waals surface area (Å²) in [5, 5.41) is 21.0. The molecule has 0 aromatic rings. The van der Waals surface area contributed by atoms with Crippen LogP contribution >= 0.6 is 0 Å². The van der Waals surface area contributed by atoms with Gasteiger partial charge in [0.2, 0.25) is 0 Å². The molecule has 4 rings (SSSR count). The molecule has 4 saturated carbocycles. The van der Waals surface area contributed by atoms with Crippen LogP contribution in [-0.2, 0) is 4.79 Å². The SMILES string of the molecule is CC(=O)[C@H]1C[C@H](O)[C@H]2[C@@H]3CC[C@H]4C[C@H](O)CC[C@]4(C)[C@H]3CC[C@@]21C. The third-order valence-corrected chi connectivity index (χ3v) is 9.11. The van der Waals surface area contributed by atoms with Crippen LogP contribution in [0, 0.1) is 40.4 Å². The molecule has 3 nitrogen and oxygen atoms in total. The zero-order valence-electron chi connectivity index (χ0n) is 15.5. The molecule has 4 aliphatic carbocycles. The first-order valence-electron chi connectivity index (χ1n) is 10.1. The summed E-state index contributed by atoms with van der Waals surface area (Å²) in [6.07, 6.45) is 7.99. The summed E-state index contributed by atoms with van der Waals surface area (Å²) in [7, 11) is 0. The Hall–Kier alpha value is -0.410. The summed E-state index contributed by atoms with van der Waals surface area (Å²) < 4.78 is 0. The number of ketones is 1. The van der Waals surface area contributed by atoms with Gasteiger partial charge in [0.05, 0.1) is 12.2 Å².